The van der Waals surface area contributed by atoms with Gasteiger partial charge in [0.2, 0.25) is 0 Å². The SMILES string of the molecule is Cc1ccc2nc(-c3ccc(Cl)c(C)c3)c(/C=C/C(=O)O)n2c1. The van der Waals surface area contributed by atoms with Crippen LogP contribution >= 0.6 is 11.6 Å². The third-order valence-electron chi connectivity index (χ3n) is 3.62. The maximum Gasteiger partial charge on any atom is 0.328 e. The average molecular weight is 327 g/mol. The molecule has 0 unspecified atom stereocenters. The summed E-state index contributed by atoms with van der Waals surface area (Å²) in [5, 5.41) is 9.64. The number of nitrogens with zero attached hydrogens (tertiary/aromatic N) is 2. The van der Waals surface area contributed by atoms with Gasteiger partial charge in [0.15, 0.2) is 0 Å². The molecule has 0 amide bonds. The number of halogens is 1. The largest absolute Gasteiger partial charge is 0.478 e. The highest BCUT2D eigenvalue weighted by Gasteiger charge is 2.13. The number of carbonyl (C=O) groups is 1. The molecule has 1 aromatic carbocycles. The van der Waals surface area contributed by atoms with Crippen molar-refractivity contribution >= 4 is 29.3 Å². The third kappa shape index (κ3) is 2.98. The fraction of sp³-hybridized carbons (Fsp3) is 0.111. The van der Waals surface area contributed by atoms with E-state index in [4.69, 9.17) is 16.7 Å². The molecule has 0 aliphatic carbocycles. The molecule has 0 aliphatic rings. The van der Waals surface area contributed by atoms with E-state index in [1.165, 1.54) is 0 Å². The number of benzene rings is 1. The zero-order chi connectivity index (χ0) is 16.6. The van der Waals surface area contributed by atoms with E-state index in [-0.39, 0.29) is 0 Å². The van der Waals surface area contributed by atoms with Crippen LogP contribution in [-0.2, 0) is 4.79 Å². The minimum Gasteiger partial charge on any atom is -0.478 e. The highest BCUT2D eigenvalue weighted by Crippen LogP contribution is 2.29. The van der Waals surface area contributed by atoms with Crippen LogP contribution in [0.1, 0.15) is 16.8 Å². The quantitative estimate of drug-likeness (QED) is 0.727. The molecule has 0 aliphatic heterocycles. The van der Waals surface area contributed by atoms with Crippen LogP contribution in [0, 0.1) is 13.8 Å². The maximum atomic E-state index is 10.9. The summed E-state index contributed by atoms with van der Waals surface area (Å²) in [6.45, 7) is 3.91. The molecule has 2 aromatic heterocycles. The van der Waals surface area contributed by atoms with Crippen LogP contribution in [0.5, 0.6) is 0 Å². The molecule has 116 valence electrons. The molecule has 0 saturated heterocycles. The van der Waals surface area contributed by atoms with E-state index >= 15 is 0 Å². The summed E-state index contributed by atoms with van der Waals surface area (Å²) in [7, 11) is 0. The molecule has 0 radical (unpaired) electrons. The van der Waals surface area contributed by atoms with Crippen LogP contribution in [-0.4, -0.2) is 20.5 Å². The van der Waals surface area contributed by atoms with Gasteiger partial charge in [-0.05, 0) is 49.2 Å². The first-order valence-corrected chi connectivity index (χ1v) is 7.50. The summed E-state index contributed by atoms with van der Waals surface area (Å²) >= 11 is 6.09. The van der Waals surface area contributed by atoms with Gasteiger partial charge >= 0.3 is 5.97 Å². The second-order valence-corrected chi connectivity index (χ2v) is 5.82. The Morgan fingerprint density at radius 3 is 2.74 bits per heavy atom. The van der Waals surface area contributed by atoms with Gasteiger partial charge in [-0.2, -0.15) is 0 Å². The van der Waals surface area contributed by atoms with Crippen LogP contribution in [0.15, 0.2) is 42.6 Å². The normalized spacial score (nSPS) is 11.4. The Balaban J connectivity index is 2.28. The van der Waals surface area contributed by atoms with E-state index < -0.39 is 5.97 Å². The van der Waals surface area contributed by atoms with Gasteiger partial charge in [-0.15, -0.1) is 0 Å². The molecule has 5 heteroatoms. The minimum atomic E-state index is -0.995. The molecular formula is C18H15ClN2O2. The van der Waals surface area contributed by atoms with Gasteiger partial charge in [0.25, 0.3) is 0 Å². The van der Waals surface area contributed by atoms with Gasteiger partial charge in [-0.1, -0.05) is 23.7 Å². The van der Waals surface area contributed by atoms with Crippen molar-refractivity contribution in [1.82, 2.24) is 9.38 Å². The zero-order valence-corrected chi connectivity index (χ0v) is 13.5. The minimum absolute atomic E-state index is 0.691. The monoisotopic (exact) mass is 326 g/mol. The standard InChI is InChI=1S/C18H15ClN2O2/c1-11-3-7-16-20-18(13-4-5-14(19)12(2)9-13)15(21(16)10-11)6-8-17(22)23/h3-10H,1-2H3,(H,22,23)/b8-6+. The lowest BCUT2D eigenvalue weighted by atomic mass is 10.1. The summed E-state index contributed by atoms with van der Waals surface area (Å²) in [6, 6.07) is 9.56. The molecule has 2 heterocycles. The van der Waals surface area contributed by atoms with E-state index in [0.29, 0.717) is 5.02 Å². The Kier molecular flexibility index (Phi) is 3.92. The Bertz CT molecular complexity index is 942. The number of rotatable bonds is 3. The van der Waals surface area contributed by atoms with Gasteiger partial charge < -0.3 is 5.11 Å². The first kappa shape index (κ1) is 15.3. The lowest BCUT2D eigenvalue weighted by Crippen LogP contribution is -1.92. The van der Waals surface area contributed by atoms with Crippen molar-refractivity contribution in [3.63, 3.8) is 0 Å². The topological polar surface area (TPSA) is 54.6 Å². The number of imidazole rings is 1. The second-order valence-electron chi connectivity index (χ2n) is 5.42. The van der Waals surface area contributed by atoms with Crippen LogP contribution < -0.4 is 0 Å². The summed E-state index contributed by atoms with van der Waals surface area (Å²) in [4.78, 5) is 15.6. The number of carboxylic acid groups (broad SMARTS) is 1. The van der Waals surface area contributed by atoms with Crippen molar-refractivity contribution in [2.75, 3.05) is 0 Å². The van der Waals surface area contributed by atoms with E-state index in [0.717, 1.165) is 39.8 Å². The highest BCUT2D eigenvalue weighted by molar-refractivity contribution is 6.31. The Hall–Kier alpha value is -2.59. The van der Waals surface area contributed by atoms with Gasteiger partial charge in [0, 0.05) is 22.9 Å². The third-order valence-corrected chi connectivity index (χ3v) is 4.04. The molecule has 3 rings (SSSR count). The lowest BCUT2D eigenvalue weighted by molar-refractivity contribution is -0.131. The number of hydrogen-bond donors (Lipinski definition) is 1. The fourth-order valence-electron chi connectivity index (χ4n) is 2.48. The van der Waals surface area contributed by atoms with E-state index in [1.807, 2.05) is 54.8 Å². The zero-order valence-electron chi connectivity index (χ0n) is 12.7. The van der Waals surface area contributed by atoms with Gasteiger partial charge in [0.05, 0.1) is 11.4 Å². The molecular weight excluding hydrogens is 312 g/mol. The molecule has 23 heavy (non-hydrogen) atoms. The molecule has 4 nitrogen and oxygen atoms in total. The number of fused-ring (bicyclic) bond motifs is 1. The number of aryl methyl sites for hydroxylation is 2. The van der Waals surface area contributed by atoms with E-state index in [9.17, 15) is 4.79 Å². The number of aliphatic carboxylic acids is 1. The van der Waals surface area contributed by atoms with E-state index in [1.54, 1.807) is 6.08 Å². The number of pyridine rings is 1. The van der Waals surface area contributed by atoms with Crippen LogP contribution in [0.3, 0.4) is 0 Å². The van der Waals surface area contributed by atoms with Gasteiger partial charge in [-0.3, -0.25) is 4.40 Å². The fourth-order valence-corrected chi connectivity index (χ4v) is 2.60. The first-order valence-electron chi connectivity index (χ1n) is 7.12. The number of carboxylic acids is 1. The molecule has 0 atom stereocenters. The average Bonchev–Trinajstić information content (AvgIpc) is 2.85. The Morgan fingerprint density at radius 1 is 1.26 bits per heavy atom. The molecule has 0 spiro atoms. The highest BCUT2D eigenvalue weighted by atomic mass is 35.5. The Morgan fingerprint density at radius 2 is 2.04 bits per heavy atom. The summed E-state index contributed by atoms with van der Waals surface area (Å²) in [5.41, 5.74) is 5.14. The molecule has 0 saturated carbocycles. The number of hydrogen-bond acceptors (Lipinski definition) is 2. The Labute approximate surface area is 138 Å². The van der Waals surface area contributed by atoms with Crippen molar-refractivity contribution in [2.24, 2.45) is 0 Å². The summed E-state index contributed by atoms with van der Waals surface area (Å²) < 4.78 is 1.90. The van der Waals surface area contributed by atoms with E-state index in [2.05, 4.69) is 4.98 Å². The van der Waals surface area contributed by atoms with Crippen molar-refractivity contribution < 1.29 is 9.90 Å². The predicted octanol–water partition coefficient (Wildman–Crippen LogP) is 4.37. The molecule has 0 bridgehead atoms. The van der Waals surface area contributed by atoms with Crippen molar-refractivity contribution in [1.29, 1.82) is 0 Å². The van der Waals surface area contributed by atoms with Crippen molar-refractivity contribution in [2.45, 2.75) is 13.8 Å². The molecule has 1 N–H and O–H groups in total. The van der Waals surface area contributed by atoms with Crippen LogP contribution in [0.4, 0.5) is 0 Å². The smallest absolute Gasteiger partial charge is 0.328 e. The first-order chi connectivity index (χ1) is 11.0. The summed E-state index contributed by atoms with van der Waals surface area (Å²) in [5.74, 6) is -0.995. The van der Waals surface area contributed by atoms with Gasteiger partial charge in [0.1, 0.15) is 5.65 Å². The van der Waals surface area contributed by atoms with Crippen LogP contribution in [0.25, 0.3) is 23.0 Å². The van der Waals surface area contributed by atoms with Crippen molar-refractivity contribution in [3.8, 4) is 11.3 Å². The second kappa shape index (κ2) is 5.89. The summed E-state index contributed by atoms with van der Waals surface area (Å²) in [6.07, 6.45) is 4.63. The van der Waals surface area contributed by atoms with Crippen molar-refractivity contribution in [3.05, 3.63) is 64.4 Å². The molecule has 3 aromatic rings. The predicted molar refractivity (Wildman–Crippen MR) is 91.8 cm³/mol. The molecule has 0 fully saturated rings. The number of aromatic nitrogens is 2. The maximum absolute atomic E-state index is 10.9. The van der Waals surface area contributed by atoms with Crippen LogP contribution in [0.2, 0.25) is 5.02 Å². The van der Waals surface area contributed by atoms with Gasteiger partial charge in [-0.25, -0.2) is 9.78 Å². The lowest BCUT2D eigenvalue weighted by Gasteiger charge is -2.04.